The Labute approximate surface area is 254 Å². The fraction of sp³-hybridized carbons (Fsp3) is 0.303. The lowest BCUT2D eigenvalue weighted by atomic mass is 9.87. The molecule has 6 heterocycles. The van der Waals surface area contributed by atoms with E-state index >= 15 is 0 Å². The minimum Gasteiger partial charge on any atom is -0.494 e. The summed E-state index contributed by atoms with van der Waals surface area (Å²) in [6.45, 7) is 4.07. The second kappa shape index (κ2) is 12.3. The van der Waals surface area contributed by atoms with E-state index in [2.05, 4.69) is 25.2 Å². The summed E-state index contributed by atoms with van der Waals surface area (Å²) in [4.78, 5) is 43.9. The summed E-state index contributed by atoms with van der Waals surface area (Å²) in [6.07, 6.45) is 7.61. The van der Waals surface area contributed by atoms with Gasteiger partial charge in [0.05, 0.1) is 43.2 Å². The largest absolute Gasteiger partial charge is 0.494 e. The Bertz CT molecular complexity index is 1670. The number of pyridine rings is 1. The number of nitrogens with one attached hydrogen (secondary N) is 1. The Morgan fingerprint density at radius 3 is 2.61 bits per heavy atom. The molecule has 0 spiro atoms. The van der Waals surface area contributed by atoms with E-state index in [9.17, 15) is 9.59 Å². The number of hydrogen-bond donors (Lipinski definition) is 1. The molecular weight excluding hydrogens is 560 g/mol. The van der Waals surface area contributed by atoms with Crippen LogP contribution in [-0.2, 0) is 11.2 Å². The molecule has 44 heavy (non-hydrogen) atoms. The molecule has 2 aromatic heterocycles. The highest BCUT2D eigenvalue weighted by Crippen LogP contribution is 2.39. The SMILES string of the molecule is O=C1NCCCOc2cccc(c2)C2c3ccc(cc3CCN2C(=O)c2cnc(N3CCOCC3)nc2)Oc2cncc1c2. The molecule has 1 fully saturated rings. The van der Waals surface area contributed by atoms with Gasteiger partial charge < -0.3 is 29.3 Å². The summed E-state index contributed by atoms with van der Waals surface area (Å²) in [5.41, 5.74) is 3.87. The maximum absolute atomic E-state index is 14.1. The zero-order valence-corrected chi connectivity index (χ0v) is 24.1. The highest BCUT2D eigenvalue weighted by Gasteiger charge is 2.33. The average molecular weight is 593 g/mol. The predicted octanol–water partition coefficient (Wildman–Crippen LogP) is 3.80. The van der Waals surface area contributed by atoms with Crippen LogP contribution in [0.5, 0.6) is 17.2 Å². The first-order chi connectivity index (χ1) is 21.6. The van der Waals surface area contributed by atoms with Crippen LogP contribution in [0.3, 0.4) is 0 Å². The Balaban J connectivity index is 1.24. The molecular formula is C33H32N6O5. The van der Waals surface area contributed by atoms with Crippen molar-refractivity contribution >= 4 is 17.8 Å². The van der Waals surface area contributed by atoms with Crippen LogP contribution in [0.25, 0.3) is 0 Å². The number of carbonyl (C=O) groups excluding carboxylic acids is 2. The molecule has 4 aliphatic heterocycles. The monoisotopic (exact) mass is 592 g/mol. The summed E-state index contributed by atoms with van der Waals surface area (Å²) in [5, 5.41) is 2.91. The molecule has 4 aliphatic rings. The van der Waals surface area contributed by atoms with Crippen molar-refractivity contribution in [2.24, 2.45) is 0 Å². The molecule has 0 saturated carbocycles. The number of anilines is 1. The average Bonchev–Trinajstić information content (AvgIpc) is 3.07. The lowest BCUT2D eigenvalue weighted by Gasteiger charge is -2.38. The first-order valence-electron chi connectivity index (χ1n) is 14.8. The quantitative estimate of drug-likeness (QED) is 0.371. The maximum atomic E-state index is 14.1. The van der Waals surface area contributed by atoms with Gasteiger partial charge in [-0.1, -0.05) is 18.2 Å². The van der Waals surface area contributed by atoms with Crippen LogP contribution in [0.1, 0.15) is 49.9 Å². The highest BCUT2D eigenvalue weighted by molar-refractivity contribution is 5.95. The van der Waals surface area contributed by atoms with Gasteiger partial charge in [0.1, 0.15) is 17.2 Å². The van der Waals surface area contributed by atoms with Crippen molar-refractivity contribution < 1.29 is 23.8 Å². The van der Waals surface area contributed by atoms with Gasteiger partial charge in [-0.2, -0.15) is 0 Å². The number of fused-ring (bicyclic) bond motifs is 6. The van der Waals surface area contributed by atoms with E-state index in [0.29, 0.717) is 80.1 Å². The number of ether oxygens (including phenoxy) is 3. The van der Waals surface area contributed by atoms with Crippen LogP contribution in [0.15, 0.2) is 73.3 Å². The minimum atomic E-state index is -0.356. The number of hydrogen-bond acceptors (Lipinski definition) is 9. The summed E-state index contributed by atoms with van der Waals surface area (Å²) < 4.78 is 17.7. The van der Waals surface area contributed by atoms with Gasteiger partial charge in [0.2, 0.25) is 5.95 Å². The number of nitrogens with zero attached hydrogens (tertiary/aromatic N) is 5. The lowest BCUT2D eigenvalue weighted by molar-refractivity contribution is 0.0693. The van der Waals surface area contributed by atoms with Crippen LogP contribution >= 0.6 is 0 Å². The topological polar surface area (TPSA) is 119 Å². The van der Waals surface area contributed by atoms with Crippen molar-refractivity contribution in [2.75, 3.05) is 50.9 Å². The van der Waals surface area contributed by atoms with Gasteiger partial charge in [-0.25, -0.2) is 9.97 Å². The molecule has 1 unspecified atom stereocenters. The second-order valence-electron chi connectivity index (χ2n) is 10.9. The van der Waals surface area contributed by atoms with Gasteiger partial charge in [-0.05, 0) is 59.9 Å². The maximum Gasteiger partial charge on any atom is 0.257 e. The Morgan fingerprint density at radius 1 is 0.886 bits per heavy atom. The zero-order valence-electron chi connectivity index (χ0n) is 24.1. The fourth-order valence-corrected chi connectivity index (χ4v) is 5.84. The molecule has 4 aromatic rings. The molecule has 8 bridgehead atoms. The molecule has 11 nitrogen and oxygen atoms in total. The highest BCUT2D eigenvalue weighted by atomic mass is 16.5. The van der Waals surface area contributed by atoms with Crippen LogP contribution in [0.4, 0.5) is 5.95 Å². The van der Waals surface area contributed by atoms with E-state index in [1.54, 1.807) is 24.7 Å². The second-order valence-corrected chi connectivity index (χ2v) is 10.9. The van der Waals surface area contributed by atoms with Gasteiger partial charge in [0.15, 0.2) is 0 Å². The minimum absolute atomic E-state index is 0.137. The third kappa shape index (κ3) is 5.78. The fourth-order valence-electron chi connectivity index (χ4n) is 5.84. The molecule has 8 rings (SSSR count). The van der Waals surface area contributed by atoms with E-state index < -0.39 is 0 Å². The molecule has 1 saturated heterocycles. The van der Waals surface area contributed by atoms with Crippen molar-refractivity contribution in [1.82, 2.24) is 25.2 Å². The number of benzene rings is 2. The van der Waals surface area contributed by atoms with E-state index in [1.165, 1.54) is 6.20 Å². The smallest absolute Gasteiger partial charge is 0.257 e. The molecule has 0 aliphatic carbocycles. The molecule has 2 amide bonds. The molecule has 11 heteroatoms. The van der Waals surface area contributed by atoms with E-state index in [0.717, 1.165) is 29.8 Å². The number of rotatable bonds is 2. The van der Waals surface area contributed by atoms with E-state index in [-0.39, 0.29) is 17.9 Å². The Hall–Kier alpha value is -5.03. The van der Waals surface area contributed by atoms with Crippen molar-refractivity contribution in [2.45, 2.75) is 18.9 Å². The van der Waals surface area contributed by atoms with Crippen LogP contribution in [0, 0.1) is 0 Å². The summed E-state index contributed by atoms with van der Waals surface area (Å²) in [5.74, 6) is 2.05. The normalized spacial score (nSPS) is 18.4. The lowest BCUT2D eigenvalue weighted by Crippen LogP contribution is -2.41. The van der Waals surface area contributed by atoms with Crippen LogP contribution in [-0.4, -0.2) is 77.7 Å². The number of aromatic nitrogens is 3. The van der Waals surface area contributed by atoms with Gasteiger partial charge in [-0.3, -0.25) is 14.6 Å². The number of amides is 2. The Kier molecular flexibility index (Phi) is 7.76. The predicted molar refractivity (Wildman–Crippen MR) is 161 cm³/mol. The molecule has 0 radical (unpaired) electrons. The third-order valence-electron chi connectivity index (χ3n) is 8.04. The van der Waals surface area contributed by atoms with Crippen molar-refractivity contribution in [3.8, 4) is 17.2 Å². The standard InChI is InChI=1S/C33H32N6O5/c40-31-24-17-28(21-34-18-24)44-27-5-6-29-22(15-27)7-9-39(30(29)23-3-1-4-26(16-23)43-12-2-8-35-31)32(41)25-19-36-33(37-20-25)38-10-13-42-14-11-38/h1,3-6,15-21,30H,2,7-14H2,(H,35,40). The zero-order chi connectivity index (χ0) is 29.9. The summed E-state index contributed by atoms with van der Waals surface area (Å²) in [7, 11) is 0. The van der Waals surface area contributed by atoms with Crippen molar-refractivity contribution in [3.63, 3.8) is 0 Å². The summed E-state index contributed by atoms with van der Waals surface area (Å²) in [6, 6.07) is 15.1. The van der Waals surface area contributed by atoms with Crippen molar-refractivity contribution in [1.29, 1.82) is 0 Å². The molecule has 224 valence electrons. The molecule has 2 aromatic carbocycles. The van der Waals surface area contributed by atoms with E-state index in [4.69, 9.17) is 14.2 Å². The first-order valence-corrected chi connectivity index (χ1v) is 14.8. The van der Waals surface area contributed by atoms with Gasteiger partial charge in [0.25, 0.3) is 11.8 Å². The van der Waals surface area contributed by atoms with Gasteiger partial charge in [0, 0.05) is 44.8 Å². The Morgan fingerprint density at radius 2 is 1.75 bits per heavy atom. The third-order valence-corrected chi connectivity index (χ3v) is 8.04. The number of carbonyl (C=O) groups is 2. The summed E-state index contributed by atoms with van der Waals surface area (Å²) >= 11 is 0. The molecule has 1 atom stereocenters. The van der Waals surface area contributed by atoms with Gasteiger partial charge in [-0.15, -0.1) is 0 Å². The molecule has 1 N–H and O–H groups in total. The number of morpholine rings is 1. The first kappa shape index (κ1) is 27.8. The van der Waals surface area contributed by atoms with Crippen molar-refractivity contribution in [3.05, 3.63) is 101 Å². The van der Waals surface area contributed by atoms with Gasteiger partial charge >= 0.3 is 0 Å². The van der Waals surface area contributed by atoms with Crippen LogP contribution in [0.2, 0.25) is 0 Å². The van der Waals surface area contributed by atoms with Crippen LogP contribution < -0.4 is 19.7 Å². The van der Waals surface area contributed by atoms with E-state index in [1.807, 2.05) is 47.4 Å².